The number of anilines is 5. The highest BCUT2D eigenvalue weighted by Gasteiger charge is 2.12. The van der Waals surface area contributed by atoms with E-state index in [1.807, 2.05) is 32.0 Å². The molecular formula is C18H17F2N5. The Morgan fingerprint density at radius 1 is 0.920 bits per heavy atom. The van der Waals surface area contributed by atoms with Crippen molar-refractivity contribution >= 4 is 28.7 Å². The monoisotopic (exact) mass is 341 g/mol. The molecule has 2 aromatic carbocycles. The molecule has 0 saturated heterocycles. The summed E-state index contributed by atoms with van der Waals surface area (Å²) in [5.74, 6) is -0.607. The number of hydrogen-bond donors (Lipinski definition) is 3. The molecule has 3 aromatic rings. The lowest BCUT2D eigenvalue weighted by atomic mass is 10.1. The van der Waals surface area contributed by atoms with Crippen LogP contribution in [0.5, 0.6) is 0 Å². The van der Waals surface area contributed by atoms with Crippen LogP contribution in [0.3, 0.4) is 0 Å². The Kier molecular flexibility index (Phi) is 4.47. The average molecular weight is 341 g/mol. The summed E-state index contributed by atoms with van der Waals surface area (Å²) in [6.45, 7) is 3.99. The maximum Gasteiger partial charge on any atom is 0.159 e. The molecule has 3 rings (SSSR count). The number of rotatable bonds is 4. The second kappa shape index (κ2) is 6.72. The van der Waals surface area contributed by atoms with Gasteiger partial charge in [-0.15, -0.1) is 0 Å². The molecule has 1 heterocycles. The Bertz CT molecular complexity index is 905. The van der Waals surface area contributed by atoms with Crippen LogP contribution in [0.25, 0.3) is 0 Å². The van der Waals surface area contributed by atoms with Gasteiger partial charge in [0, 0.05) is 11.8 Å². The van der Waals surface area contributed by atoms with Crippen molar-refractivity contribution in [2.75, 3.05) is 16.4 Å². The SMILES string of the molecule is Cc1cccc(Nc2ncnc(Nc3cc(F)ccc3F)c2N)c1C. The van der Waals surface area contributed by atoms with Crippen LogP contribution in [0.15, 0.2) is 42.7 Å². The van der Waals surface area contributed by atoms with Crippen LogP contribution in [-0.2, 0) is 0 Å². The van der Waals surface area contributed by atoms with Crippen molar-refractivity contribution in [1.82, 2.24) is 9.97 Å². The van der Waals surface area contributed by atoms with Crippen molar-refractivity contribution in [3.8, 4) is 0 Å². The van der Waals surface area contributed by atoms with Crippen molar-refractivity contribution in [3.05, 3.63) is 65.5 Å². The fraction of sp³-hybridized carbons (Fsp3) is 0.111. The topological polar surface area (TPSA) is 75.9 Å². The smallest absolute Gasteiger partial charge is 0.159 e. The van der Waals surface area contributed by atoms with Crippen molar-refractivity contribution in [2.24, 2.45) is 0 Å². The number of halogens is 2. The Morgan fingerprint density at radius 3 is 2.32 bits per heavy atom. The Hall–Kier alpha value is -3.22. The molecule has 7 heteroatoms. The van der Waals surface area contributed by atoms with Gasteiger partial charge in [0.2, 0.25) is 0 Å². The highest BCUT2D eigenvalue weighted by atomic mass is 19.1. The van der Waals surface area contributed by atoms with Gasteiger partial charge in [0.15, 0.2) is 11.6 Å². The van der Waals surface area contributed by atoms with Crippen LogP contribution >= 0.6 is 0 Å². The molecule has 5 nitrogen and oxygen atoms in total. The fourth-order valence-corrected chi connectivity index (χ4v) is 2.33. The van der Waals surface area contributed by atoms with E-state index in [-0.39, 0.29) is 17.2 Å². The highest BCUT2D eigenvalue weighted by Crippen LogP contribution is 2.30. The maximum atomic E-state index is 13.8. The molecule has 0 aliphatic heterocycles. The predicted octanol–water partition coefficient (Wildman–Crippen LogP) is 4.44. The summed E-state index contributed by atoms with van der Waals surface area (Å²) in [5.41, 5.74) is 9.28. The number of nitrogens with one attached hydrogen (secondary N) is 2. The fourth-order valence-electron chi connectivity index (χ4n) is 2.33. The first-order valence-corrected chi connectivity index (χ1v) is 7.61. The van der Waals surface area contributed by atoms with Gasteiger partial charge in [0.05, 0.1) is 5.69 Å². The standard InChI is InChI=1S/C18H17F2N5/c1-10-4-3-5-14(11(10)2)24-17-16(21)18(23-9-22-17)25-15-8-12(19)6-7-13(15)20/h3-9H,21H2,1-2H3,(H2,22,23,24,25). The molecule has 0 saturated carbocycles. The molecule has 0 aliphatic carbocycles. The van der Waals surface area contributed by atoms with E-state index >= 15 is 0 Å². The van der Waals surface area contributed by atoms with E-state index < -0.39 is 11.6 Å². The van der Waals surface area contributed by atoms with Gasteiger partial charge >= 0.3 is 0 Å². The van der Waals surface area contributed by atoms with Gasteiger partial charge in [-0.25, -0.2) is 18.7 Å². The van der Waals surface area contributed by atoms with Crippen LogP contribution in [0.2, 0.25) is 0 Å². The number of nitrogen functional groups attached to an aromatic ring is 1. The van der Waals surface area contributed by atoms with E-state index in [0.717, 1.165) is 35.0 Å². The average Bonchev–Trinajstić information content (AvgIpc) is 2.58. The van der Waals surface area contributed by atoms with Crippen LogP contribution < -0.4 is 16.4 Å². The number of hydrogen-bond acceptors (Lipinski definition) is 5. The van der Waals surface area contributed by atoms with E-state index in [1.54, 1.807) is 0 Å². The lowest BCUT2D eigenvalue weighted by Gasteiger charge is -2.15. The van der Waals surface area contributed by atoms with Gasteiger partial charge in [-0.05, 0) is 43.2 Å². The molecule has 0 bridgehead atoms. The highest BCUT2D eigenvalue weighted by molar-refractivity contribution is 5.81. The first-order valence-electron chi connectivity index (χ1n) is 7.61. The Labute approximate surface area is 143 Å². The van der Waals surface area contributed by atoms with E-state index in [4.69, 9.17) is 5.73 Å². The van der Waals surface area contributed by atoms with Crippen molar-refractivity contribution in [1.29, 1.82) is 0 Å². The molecule has 4 N–H and O–H groups in total. The molecule has 128 valence electrons. The summed E-state index contributed by atoms with van der Waals surface area (Å²) in [5, 5.41) is 5.85. The second-order valence-electron chi connectivity index (χ2n) is 5.61. The molecule has 0 fully saturated rings. The normalized spacial score (nSPS) is 10.6. The van der Waals surface area contributed by atoms with E-state index in [2.05, 4.69) is 20.6 Å². The molecular weight excluding hydrogens is 324 g/mol. The quantitative estimate of drug-likeness (QED) is 0.654. The molecule has 1 aromatic heterocycles. The minimum absolute atomic E-state index is 0.0527. The summed E-state index contributed by atoms with van der Waals surface area (Å²) in [6.07, 6.45) is 1.29. The zero-order valence-electron chi connectivity index (χ0n) is 13.8. The van der Waals surface area contributed by atoms with Crippen LogP contribution in [0, 0.1) is 25.5 Å². The maximum absolute atomic E-state index is 13.8. The molecule has 0 atom stereocenters. The summed E-state index contributed by atoms with van der Waals surface area (Å²) in [7, 11) is 0. The summed E-state index contributed by atoms with van der Waals surface area (Å²) >= 11 is 0. The van der Waals surface area contributed by atoms with Crippen molar-refractivity contribution in [2.45, 2.75) is 13.8 Å². The number of aryl methyl sites for hydroxylation is 1. The lowest BCUT2D eigenvalue weighted by Crippen LogP contribution is -2.06. The molecule has 0 radical (unpaired) electrons. The third-order valence-electron chi connectivity index (χ3n) is 3.92. The van der Waals surface area contributed by atoms with Gasteiger partial charge in [-0.2, -0.15) is 0 Å². The van der Waals surface area contributed by atoms with Gasteiger partial charge in [0.25, 0.3) is 0 Å². The minimum atomic E-state index is -0.608. The van der Waals surface area contributed by atoms with E-state index in [1.165, 1.54) is 6.33 Å². The third-order valence-corrected chi connectivity index (χ3v) is 3.92. The zero-order chi connectivity index (χ0) is 18.0. The summed E-state index contributed by atoms with van der Waals surface area (Å²) in [6, 6.07) is 8.94. The van der Waals surface area contributed by atoms with Gasteiger partial charge in [-0.1, -0.05) is 12.1 Å². The molecule has 0 spiro atoms. The molecule has 0 amide bonds. The molecule has 0 aliphatic rings. The molecule has 0 unspecified atom stereocenters. The Morgan fingerprint density at radius 2 is 1.60 bits per heavy atom. The van der Waals surface area contributed by atoms with Gasteiger partial charge in [-0.3, -0.25) is 0 Å². The molecule has 25 heavy (non-hydrogen) atoms. The van der Waals surface area contributed by atoms with Crippen molar-refractivity contribution < 1.29 is 8.78 Å². The van der Waals surface area contributed by atoms with Gasteiger partial charge < -0.3 is 16.4 Å². The number of aromatic nitrogens is 2. The summed E-state index contributed by atoms with van der Waals surface area (Å²) in [4.78, 5) is 8.14. The first kappa shape index (κ1) is 16.6. The van der Waals surface area contributed by atoms with E-state index in [9.17, 15) is 8.78 Å². The van der Waals surface area contributed by atoms with Crippen LogP contribution in [0.1, 0.15) is 11.1 Å². The summed E-state index contributed by atoms with van der Waals surface area (Å²) < 4.78 is 27.1. The number of nitrogens with two attached hydrogens (primary N) is 1. The Balaban J connectivity index is 1.92. The lowest BCUT2D eigenvalue weighted by molar-refractivity contribution is 0.603. The van der Waals surface area contributed by atoms with Crippen LogP contribution in [-0.4, -0.2) is 9.97 Å². The number of nitrogens with zero attached hydrogens (tertiary/aromatic N) is 2. The predicted molar refractivity (Wildman–Crippen MR) is 95.3 cm³/mol. The number of benzene rings is 2. The second-order valence-corrected chi connectivity index (χ2v) is 5.61. The minimum Gasteiger partial charge on any atom is -0.393 e. The van der Waals surface area contributed by atoms with Gasteiger partial charge in [0.1, 0.15) is 23.6 Å². The van der Waals surface area contributed by atoms with E-state index in [0.29, 0.717) is 5.82 Å². The van der Waals surface area contributed by atoms with Crippen molar-refractivity contribution in [3.63, 3.8) is 0 Å². The largest absolute Gasteiger partial charge is 0.393 e. The third kappa shape index (κ3) is 3.50. The first-order chi connectivity index (χ1) is 12.0. The zero-order valence-corrected chi connectivity index (χ0v) is 13.8. The van der Waals surface area contributed by atoms with Crippen LogP contribution in [0.4, 0.5) is 37.5 Å².